The van der Waals surface area contributed by atoms with E-state index in [9.17, 15) is 19.5 Å². The van der Waals surface area contributed by atoms with Crippen LogP contribution in [0.1, 0.15) is 43.9 Å². The number of urea groups is 1. The zero-order valence-corrected chi connectivity index (χ0v) is 20.2. The highest BCUT2D eigenvalue weighted by molar-refractivity contribution is 6.10. The lowest BCUT2D eigenvalue weighted by molar-refractivity contribution is -0.143. The van der Waals surface area contributed by atoms with E-state index in [1.165, 1.54) is 4.90 Å². The number of ether oxygens (including phenoxy) is 1. The summed E-state index contributed by atoms with van der Waals surface area (Å²) >= 11 is 0. The fourth-order valence-electron chi connectivity index (χ4n) is 4.79. The number of alkyl carbamates (subject to hydrolysis) is 1. The van der Waals surface area contributed by atoms with Crippen LogP contribution in [0.25, 0.3) is 5.57 Å². The van der Waals surface area contributed by atoms with Gasteiger partial charge in [-0.3, -0.25) is 15.2 Å². The second kappa shape index (κ2) is 9.14. The molecule has 0 spiro atoms. The van der Waals surface area contributed by atoms with Gasteiger partial charge in [0.25, 0.3) is 0 Å². The number of carboxylic acid groups (broad SMARTS) is 1. The van der Waals surface area contributed by atoms with Crippen LogP contribution >= 0.6 is 0 Å². The number of hydrogen-bond acceptors (Lipinski definition) is 5. The minimum atomic E-state index is -1.04. The van der Waals surface area contributed by atoms with Crippen LogP contribution in [0.3, 0.4) is 0 Å². The number of rotatable bonds is 7. The molecule has 1 saturated heterocycles. The molecule has 3 amide bonds. The van der Waals surface area contributed by atoms with Gasteiger partial charge in [0.15, 0.2) is 0 Å². The number of aliphatic imine (C=N–C) groups is 1. The lowest BCUT2D eigenvalue weighted by Gasteiger charge is -2.24. The Kier molecular flexibility index (Phi) is 5.99. The Morgan fingerprint density at radius 3 is 2.42 bits per heavy atom. The monoisotopic (exact) mass is 488 g/mol. The van der Waals surface area contributed by atoms with Crippen molar-refractivity contribution in [3.8, 4) is 0 Å². The molecule has 0 aromatic heterocycles. The number of hydrogen-bond donors (Lipinski definition) is 2. The van der Waals surface area contributed by atoms with Crippen molar-refractivity contribution in [2.45, 2.75) is 38.3 Å². The number of benzene rings is 2. The zero-order valence-electron chi connectivity index (χ0n) is 20.2. The average molecular weight is 489 g/mol. The number of aliphatic carboxylic acids is 1. The molecule has 1 saturated carbocycles. The van der Waals surface area contributed by atoms with E-state index < -0.39 is 23.7 Å². The second-order valence-corrected chi connectivity index (χ2v) is 9.31. The van der Waals surface area contributed by atoms with Gasteiger partial charge in [-0.25, -0.2) is 14.4 Å². The maximum Gasteiger partial charge on any atom is 0.412 e. The van der Waals surface area contributed by atoms with E-state index in [2.05, 4.69) is 10.3 Å². The normalized spacial score (nSPS) is 19.3. The van der Waals surface area contributed by atoms with E-state index in [0.717, 1.165) is 16.7 Å². The summed E-state index contributed by atoms with van der Waals surface area (Å²) in [5, 5.41) is 12.4. The maximum atomic E-state index is 12.9. The van der Waals surface area contributed by atoms with Gasteiger partial charge in [0.1, 0.15) is 11.6 Å². The number of nitrogens with zero attached hydrogens (tertiary/aromatic N) is 3. The predicted molar refractivity (Wildman–Crippen MR) is 135 cm³/mol. The first kappa shape index (κ1) is 23.6. The van der Waals surface area contributed by atoms with Gasteiger partial charge in [0.05, 0.1) is 18.0 Å². The standard InChI is InChI=1S/C27H28N4O5/c1-17-23(29-25(34)36-18(2)19-6-4-3-5-7-19)22(16-28-17)20-8-10-21(11-9-20)30-14-15-31(26(30)35)27(12-13-27)24(32)33/h3-11,18H,12-16H2,1-2H3,(H,29,34)(H,32,33). The molecule has 2 aliphatic heterocycles. The predicted octanol–water partition coefficient (Wildman–Crippen LogP) is 4.22. The van der Waals surface area contributed by atoms with E-state index in [0.29, 0.717) is 49.6 Å². The largest absolute Gasteiger partial charge is 0.479 e. The van der Waals surface area contributed by atoms with E-state index in [-0.39, 0.29) is 6.03 Å². The first-order chi connectivity index (χ1) is 17.3. The Morgan fingerprint density at radius 2 is 1.78 bits per heavy atom. The van der Waals surface area contributed by atoms with Crippen molar-refractivity contribution >= 4 is 35.1 Å². The quantitative estimate of drug-likeness (QED) is 0.606. The highest BCUT2D eigenvalue weighted by Gasteiger charge is 2.59. The number of nitrogens with one attached hydrogen (secondary N) is 1. The number of anilines is 1. The molecule has 1 unspecified atom stereocenters. The highest BCUT2D eigenvalue weighted by atomic mass is 16.6. The Morgan fingerprint density at radius 1 is 1.08 bits per heavy atom. The van der Waals surface area contributed by atoms with Crippen molar-refractivity contribution in [3.05, 3.63) is 71.4 Å². The lowest BCUT2D eigenvalue weighted by atomic mass is 10.0. The number of carbonyl (C=O) groups is 3. The van der Waals surface area contributed by atoms with Gasteiger partial charge in [-0.1, -0.05) is 42.5 Å². The average Bonchev–Trinajstić information content (AvgIpc) is 3.49. The second-order valence-electron chi connectivity index (χ2n) is 9.31. The van der Waals surface area contributed by atoms with Crippen LogP contribution in [0.15, 0.2) is 65.3 Å². The minimum absolute atomic E-state index is 0.278. The van der Waals surface area contributed by atoms with Gasteiger partial charge in [-0.15, -0.1) is 0 Å². The topological polar surface area (TPSA) is 112 Å². The van der Waals surface area contributed by atoms with Crippen molar-refractivity contribution in [2.24, 2.45) is 4.99 Å². The molecule has 9 nitrogen and oxygen atoms in total. The van der Waals surface area contributed by atoms with Crippen molar-refractivity contribution in [2.75, 3.05) is 24.5 Å². The van der Waals surface area contributed by atoms with Crippen LogP contribution in [0.5, 0.6) is 0 Å². The third-order valence-electron chi connectivity index (χ3n) is 7.09. The molecule has 2 heterocycles. The maximum absolute atomic E-state index is 12.9. The van der Waals surface area contributed by atoms with Crippen molar-refractivity contribution in [3.63, 3.8) is 0 Å². The van der Waals surface area contributed by atoms with Crippen LogP contribution in [-0.2, 0) is 9.53 Å². The summed E-state index contributed by atoms with van der Waals surface area (Å²) in [6, 6.07) is 16.7. The summed E-state index contributed by atoms with van der Waals surface area (Å²) in [6.45, 7) is 4.91. The van der Waals surface area contributed by atoms with E-state index in [4.69, 9.17) is 4.74 Å². The molecule has 2 aromatic carbocycles. The molecule has 1 atom stereocenters. The molecule has 3 aliphatic rings. The molecule has 36 heavy (non-hydrogen) atoms. The van der Waals surface area contributed by atoms with E-state index in [1.807, 2.05) is 68.4 Å². The summed E-state index contributed by atoms with van der Waals surface area (Å²) in [7, 11) is 0. The zero-order chi connectivity index (χ0) is 25.4. The number of carbonyl (C=O) groups excluding carboxylic acids is 2. The summed E-state index contributed by atoms with van der Waals surface area (Å²) in [6.07, 6.45) is 0.0386. The van der Waals surface area contributed by atoms with Gasteiger partial charge < -0.3 is 14.7 Å². The van der Waals surface area contributed by atoms with Gasteiger partial charge in [0.2, 0.25) is 0 Å². The van der Waals surface area contributed by atoms with Gasteiger partial charge in [-0.2, -0.15) is 0 Å². The first-order valence-corrected chi connectivity index (χ1v) is 12.0. The summed E-state index contributed by atoms with van der Waals surface area (Å²) < 4.78 is 5.56. The summed E-state index contributed by atoms with van der Waals surface area (Å²) in [5.41, 5.74) is 3.64. The molecule has 1 aliphatic carbocycles. The Balaban J connectivity index is 1.29. The van der Waals surface area contributed by atoms with Crippen LogP contribution in [0, 0.1) is 0 Å². The van der Waals surface area contributed by atoms with Crippen molar-refractivity contribution < 1.29 is 24.2 Å². The molecule has 186 valence electrons. The van der Waals surface area contributed by atoms with Crippen molar-refractivity contribution in [1.82, 2.24) is 10.2 Å². The molecule has 5 rings (SSSR count). The lowest BCUT2D eigenvalue weighted by Crippen LogP contribution is -2.46. The summed E-state index contributed by atoms with van der Waals surface area (Å²) in [5.74, 6) is -0.937. The smallest absolute Gasteiger partial charge is 0.412 e. The Bertz CT molecular complexity index is 1260. The molecule has 2 fully saturated rings. The molecular formula is C27H28N4O5. The van der Waals surface area contributed by atoms with Crippen molar-refractivity contribution in [1.29, 1.82) is 0 Å². The van der Waals surface area contributed by atoms with Crippen LogP contribution in [0.2, 0.25) is 0 Å². The Labute approximate surface area is 209 Å². The van der Waals surface area contributed by atoms with Crippen LogP contribution in [0.4, 0.5) is 15.3 Å². The molecule has 0 bridgehead atoms. The number of amides is 3. The molecule has 2 N–H and O–H groups in total. The first-order valence-electron chi connectivity index (χ1n) is 12.0. The fraction of sp³-hybridized carbons (Fsp3) is 0.333. The van der Waals surface area contributed by atoms with E-state index in [1.54, 1.807) is 4.90 Å². The number of carboxylic acids is 1. The van der Waals surface area contributed by atoms with Gasteiger partial charge in [-0.05, 0) is 49.9 Å². The molecule has 9 heteroatoms. The van der Waals surface area contributed by atoms with Crippen LogP contribution in [-0.4, -0.2) is 59.0 Å². The van der Waals surface area contributed by atoms with Gasteiger partial charge >= 0.3 is 18.1 Å². The fourth-order valence-corrected chi connectivity index (χ4v) is 4.79. The van der Waals surface area contributed by atoms with E-state index >= 15 is 0 Å². The van der Waals surface area contributed by atoms with Crippen LogP contribution < -0.4 is 10.2 Å². The molecule has 0 radical (unpaired) electrons. The highest BCUT2D eigenvalue weighted by Crippen LogP contribution is 2.44. The third kappa shape index (κ3) is 4.21. The number of allylic oxidation sites excluding steroid dienone is 1. The molecular weight excluding hydrogens is 460 g/mol. The van der Waals surface area contributed by atoms with Gasteiger partial charge in [0, 0.05) is 24.4 Å². The molecule has 2 aromatic rings. The SMILES string of the molecule is CC1=NCC(c2ccc(N3CCN(C4(C(=O)O)CC4)C3=O)cc2)=C1NC(=O)OC(C)c1ccccc1. The minimum Gasteiger partial charge on any atom is -0.479 e. The third-order valence-corrected chi connectivity index (χ3v) is 7.09. The summed E-state index contributed by atoms with van der Waals surface area (Å²) in [4.78, 5) is 44.8. The Hall–Kier alpha value is -4.14.